The molecule has 8 heterocycles. The maximum absolute atomic E-state index is 15.6. The number of aromatic amines is 1. The molecule has 4 aromatic rings. The van der Waals surface area contributed by atoms with Gasteiger partial charge >= 0.3 is 0 Å². The molecule has 62 heavy (non-hydrogen) atoms. The Balaban J connectivity index is 0.701. The molecule has 16 nitrogen and oxygen atoms in total. The van der Waals surface area contributed by atoms with Gasteiger partial charge in [-0.25, -0.2) is 4.39 Å². The van der Waals surface area contributed by atoms with E-state index in [0.29, 0.717) is 43.5 Å². The largest absolute Gasteiger partial charge is 0.372 e. The first-order chi connectivity index (χ1) is 30.0. The van der Waals surface area contributed by atoms with Crippen molar-refractivity contribution in [2.45, 2.75) is 69.4 Å². The number of benzene rings is 3. The number of carbonyl (C=O) groups is 6. The van der Waals surface area contributed by atoms with Gasteiger partial charge in [-0.05, 0) is 73.6 Å². The van der Waals surface area contributed by atoms with Crippen LogP contribution in [-0.2, 0) is 32.2 Å². The minimum atomic E-state index is -1.10. The van der Waals surface area contributed by atoms with Crippen LogP contribution in [0.4, 0.5) is 21.6 Å². The monoisotopic (exact) mass is 843 g/mol. The summed E-state index contributed by atoms with van der Waals surface area (Å²) in [5.41, 5.74) is 4.19. The fraction of sp³-hybridized carbons (Fsp3) is 0.400. The molecule has 3 N–H and O–H groups in total. The molecule has 1 aromatic heterocycles. The van der Waals surface area contributed by atoms with Gasteiger partial charge in [0, 0.05) is 75.2 Å². The number of carbonyl (C=O) groups excluding carboxylic acids is 6. The first kappa shape index (κ1) is 39.7. The molecule has 6 amide bonds. The number of fused-ring (bicyclic) bond motifs is 4. The van der Waals surface area contributed by atoms with Crippen LogP contribution >= 0.6 is 0 Å². The Morgan fingerprint density at radius 2 is 1.61 bits per heavy atom. The van der Waals surface area contributed by atoms with E-state index in [1.807, 2.05) is 59.5 Å². The van der Waals surface area contributed by atoms with Crippen molar-refractivity contribution in [3.05, 3.63) is 106 Å². The molecule has 3 aromatic carbocycles. The van der Waals surface area contributed by atoms with Gasteiger partial charge in [-0.15, -0.1) is 0 Å². The van der Waals surface area contributed by atoms with Crippen LogP contribution in [0.5, 0.6) is 0 Å². The number of nitrogens with one attached hydrogen (secondary N) is 3. The average Bonchev–Trinajstić information content (AvgIpc) is 3.95. The van der Waals surface area contributed by atoms with Crippen LogP contribution in [0.1, 0.15) is 86.1 Å². The summed E-state index contributed by atoms with van der Waals surface area (Å²) >= 11 is 0. The van der Waals surface area contributed by atoms with Crippen LogP contribution in [0, 0.1) is 11.7 Å². The van der Waals surface area contributed by atoms with Crippen molar-refractivity contribution in [3.63, 3.8) is 0 Å². The van der Waals surface area contributed by atoms with E-state index in [1.54, 1.807) is 4.90 Å². The number of rotatable bonds is 10. The normalized spacial score (nSPS) is 23.0. The highest BCUT2D eigenvalue weighted by molar-refractivity contribution is 6.23. The van der Waals surface area contributed by atoms with Crippen LogP contribution in [0.3, 0.4) is 0 Å². The number of nitrogens with zero attached hydrogens (tertiary/aromatic N) is 6. The Labute approximate surface area is 356 Å². The number of piperidine rings is 3. The molecule has 0 saturated carbocycles. The summed E-state index contributed by atoms with van der Waals surface area (Å²) in [6.45, 7) is 4.59. The number of ether oxygens (including phenoxy) is 1. The first-order valence-electron chi connectivity index (χ1n) is 21.2. The topological polar surface area (TPSA) is 181 Å². The molecule has 5 saturated heterocycles. The number of hydrogen-bond acceptors (Lipinski definition) is 11. The summed E-state index contributed by atoms with van der Waals surface area (Å²) in [5, 5.41) is 12.4. The Morgan fingerprint density at radius 1 is 0.903 bits per heavy atom. The van der Waals surface area contributed by atoms with Crippen LogP contribution in [0.15, 0.2) is 66.7 Å². The first-order valence-corrected chi connectivity index (χ1v) is 21.2. The minimum Gasteiger partial charge on any atom is -0.372 e. The molecule has 3 unspecified atom stereocenters. The summed E-state index contributed by atoms with van der Waals surface area (Å²) in [5.74, 6) is -2.63. The van der Waals surface area contributed by atoms with Crippen LogP contribution in [0.25, 0.3) is 0 Å². The van der Waals surface area contributed by atoms with Crippen LogP contribution in [-0.4, -0.2) is 118 Å². The molecule has 5 fully saturated rings. The number of imide groups is 2. The zero-order valence-corrected chi connectivity index (χ0v) is 34.1. The standard InChI is InChI=1S/C45H46FN9O7/c1-62-39(26-5-3-2-4-6-26)45(61)53-23-33-35(24-53)49-50-40(33)48-41(57)27-7-9-28(10-8-27)51-15-13-25(14-16-51)20-54-29-17-30(54)22-52(21-29)37-19-32-31(18-34(37)46)43(59)55(44(32)60)36-11-12-38(56)47-42(36)58/h2-10,18-19,25,29-30,36,39H,11-17,20-24H2,1H3,(H,47,56,58)(H2,48,49,50,57)/t29?,30?,36?,39-/m1/s1. The van der Waals surface area contributed by atoms with E-state index in [0.717, 1.165) is 72.4 Å². The zero-order valence-electron chi connectivity index (χ0n) is 34.1. The fourth-order valence-electron chi connectivity index (χ4n) is 10.2. The van der Waals surface area contributed by atoms with Crippen molar-refractivity contribution in [1.29, 1.82) is 0 Å². The third kappa shape index (κ3) is 6.98. The number of anilines is 3. The smallest absolute Gasteiger partial charge is 0.262 e. The SMILES string of the molecule is CO[C@@H](C(=O)N1Cc2[nH]nc(NC(=O)c3ccc(N4CCC(CN5C6CC5CN(c5cc7c(cc5F)C(=O)N(C5CCC(=O)NC5=O)C7=O)C6)CC4)cc3)c2C1)c1ccccc1. The Bertz CT molecular complexity index is 2480. The van der Waals surface area contributed by atoms with Gasteiger partial charge in [-0.3, -0.25) is 49.0 Å². The molecule has 17 heteroatoms. The van der Waals surface area contributed by atoms with Gasteiger partial charge in [-0.2, -0.15) is 5.10 Å². The Hall–Kier alpha value is -6.46. The van der Waals surface area contributed by atoms with Gasteiger partial charge in [0.2, 0.25) is 11.8 Å². The van der Waals surface area contributed by atoms with Crippen molar-refractivity contribution in [2.75, 3.05) is 55.0 Å². The van der Waals surface area contributed by atoms with E-state index in [-0.39, 0.29) is 53.6 Å². The van der Waals surface area contributed by atoms with E-state index in [9.17, 15) is 28.8 Å². The van der Waals surface area contributed by atoms with Crippen molar-refractivity contribution in [2.24, 2.45) is 5.92 Å². The summed E-state index contributed by atoms with van der Waals surface area (Å²) in [4.78, 5) is 86.8. The van der Waals surface area contributed by atoms with Gasteiger partial charge in [-0.1, -0.05) is 30.3 Å². The van der Waals surface area contributed by atoms with Gasteiger partial charge in [0.05, 0.1) is 35.6 Å². The highest BCUT2D eigenvalue weighted by atomic mass is 19.1. The predicted octanol–water partition coefficient (Wildman–Crippen LogP) is 3.61. The van der Waals surface area contributed by atoms with Crippen molar-refractivity contribution < 1.29 is 37.9 Å². The van der Waals surface area contributed by atoms with Crippen molar-refractivity contribution in [1.82, 2.24) is 30.2 Å². The van der Waals surface area contributed by atoms with E-state index in [4.69, 9.17) is 4.74 Å². The second kappa shape index (κ2) is 15.8. The summed E-state index contributed by atoms with van der Waals surface area (Å²) in [6.07, 6.45) is 2.38. The molecular weight excluding hydrogens is 798 g/mol. The Kier molecular flexibility index (Phi) is 10.1. The number of amides is 6. The molecule has 320 valence electrons. The summed E-state index contributed by atoms with van der Waals surface area (Å²) < 4.78 is 21.2. The number of hydrogen-bond donors (Lipinski definition) is 3. The minimum absolute atomic E-state index is 0.0151. The predicted molar refractivity (Wildman–Crippen MR) is 223 cm³/mol. The lowest BCUT2D eigenvalue weighted by Gasteiger charge is -2.58. The maximum Gasteiger partial charge on any atom is 0.262 e. The van der Waals surface area contributed by atoms with Crippen LogP contribution in [0.2, 0.25) is 0 Å². The van der Waals surface area contributed by atoms with Gasteiger partial charge in [0.15, 0.2) is 11.9 Å². The number of piperazine rings is 1. The lowest BCUT2D eigenvalue weighted by Crippen LogP contribution is -2.69. The average molecular weight is 844 g/mol. The molecule has 2 bridgehead atoms. The molecule has 4 atom stereocenters. The number of methoxy groups -OCH3 is 1. The van der Waals surface area contributed by atoms with Gasteiger partial charge in [0.25, 0.3) is 23.6 Å². The number of aromatic nitrogens is 2. The van der Waals surface area contributed by atoms with E-state index < -0.39 is 41.6 Å². The fourth-order valence-corrected chi connectivity index (χ4v) is 10.2. The second-order valence-corrected chi connectivity index (χ2v) is 17.1. The summed E-state index contributed by atoms with van der Waals surface area (Å²) in [6, 6.07) is 18.9. The third-order valence-electron chi connectivity index (χ3n) is 13.5. The zero-order chi connectivity index (χ0) is 42.8. The molecule has 0 spiro atoms. The molecule has 0 aliphatic carbocycles. The highest BCUT2D eigenvalue weighted by Crippen LogP contribution is 2.40. The quantitative estimate of drug-likeness (QED) is 0.199. The number of H-pyrrole nitrogens is 1. The highest BCUT2D eigenvalue weighted by Gasteiger charge is 2.48. The lowest BCUT2D eigenvalue weighted by molar-refractivity contribution is -0.143. The molecule has 7 aliphatic rings. The molecule has 0 radical (unpaired) electrons. The van der Waals surface area contributed by atoms with E-state index in [2.05, 4.69) is 30.6 Å². The summed E-state index contributed by atoms with van der Waals surface area (Å²) in [7, 11) is 1.52. The van der Waals surface area contributed by atoms with Crippen molar-refractivity contribution >= 4 is 52.6 Å². The number of halogens is 1. The van der Waals surface area contributed by atoms with E-state index >= 15 is 4.39 Å². The Morgan fingerprint density at radius 3 is 2.31 bits per heavy atom. The van der Waals surface area contributed by atoms with E-state index in [1.165, 1.54) is 13.2 Å². The molecular formula is C45H46FN9O7. The molecule has 7 aliphatic heterocycles. The third-order valence-corrected chi connectivity index (χ3v) is 13.5. The lowest BCUT2D eigenvalue weighted by atomic mass is 9.84. The van der Waals surface area contributed by atoms with Gasteiger partial charge in [0.1, 0.15) is 11.9 Å². The maximum atomic E-state index is 15.6. The van der Waals surface area contributed by atoms with Gasteiger partial charge < -0.3 is 24.8 Å². The van der Waals surface area contributed by atoms with Crippen molar-refractivity contribution in [3.8, 4) is 0 Å². The van der Waals surface area contributed by atoms with Crippen LogP contribution < -0.4 is 20.4 Å². The second-order valence-electron chi connectivity index (χ2n) is 17.1. The molecule has 11 rings (SSSR count).